The maximum absolute atomic E-state index is 14.9. The van der Waals surface area contributed by atoms with Crippen LogP contribution in [0.15, 0.2) is 36.7 Å². The summed E-state index contributed by atoms with van der Waals surface area (Å²) in [5.41, 5.74) is 1.66. The molecule has 1 aromatic carbocycles. The fourth-order valence-corrected chi connectivity index (χ4v) is 5.03. The second-order valence-corrected chi connectivity index (χ2v) is 9.29. The first-order valence-corrected chi connectivity index (χ1v) is 11.6. The summed E-state index contributed by atoms with van der Waals surface area (Å²) in [6.07, 6.45) is 7.35. The number of amides is 4. The molecule has 4 heterocycles. The summed E-state index contributed by atoms with van der Waals surface area (Å²) in [6.45, 7) is 0.0587. The molecule has 2 aromatic heterocycles. The number of benzene rings is 1. The molecule has 1 saturated heterocycles. The molecule has 1 saturated carbocycles. The second-order valence-electron chi connectivity index (χ2n) is 9.29. The number of anilines is 1. The summed E-state index contributed by atoms with van der Waals surface area (Å²) < 4.78 is 17.0. The molecule has 1 aliphatic carbocycles. The lowest BCUT2D eigenvalue weighted by Gasteiger charge is -2.29. The molecule has 35 heavy (non-hydrogen) atoms. The van der Waals surface area contributed by atoms with E-state index in [1.165, 1.54) is 17.4 Å². The zero-order chi connectivity index (χ0) is 24.3. The molecule has 10 heteroatoms. The monoisotopic (exact) mass is 475 g/mol. The highest BCUT2D eigenvalue weighted by Crippen LogP contribution is 2.34. The molecule has 1 unspecified atom stereocenters. The number of imide groups is 1. The number of carbonyl (C=O) groups excluding carboxylic acids is 4. The maximum Gasteiger partial charge on any atom is 0.258 e. The number of carbonyl (C=O) groups is 4. The zero-order valence-corrected chi connectivity index (χ0v) is 18.7. The first-order valence-electron chi connectivity index (χ1n) is 11.6. The van der Waals surface area contributed by atoms with Gasteiger partial charge in [-0.1, -0.05) is 0 Å². The Kier molecular flexibility index (Phi) is 4.91. The Bertz CT molecular complexity index is 1430. The van der Waals surface area contributed by atoms with Gasteiger partial charge in [0.25, 0.3) is 11.8 Å². The predicted molar refractivity (Wildman–Crippen MR) is 123 cm³/mol. The third kappa shape index (κ3) is 3.56. The molecule has 2 fully saturated rings. The molecule has 4 amide bonds. The summed E-state index contributed by atoms with van der Waals surface area (Å²) in [6, 6.07) is 5.79. The van der Waals surface area contributed by atoms with Crippen molar-refractivity contribution in [2.45, 2.75) is 50.7 Å². The number of pyridine rings is 1. The number of rotatable bonds is 4. The number of nitrogens with zero attached hydrogens (tertiary/aromatic N) is 3. The van der Waals surface area contributed by atoms with Crippen molar-refractivity contribution in [2.75, 3.05) is 5.32 Å². The molecule has 3 aromatic rings. The highest BCUT2D eigenvalue weighted by atomic mass is 19.1. The molecule has 0 spiro atoms. The number of nitrogens with one attached hydrogen (secondary N) is 2. The molecule has 1 atom stereocenters. The van der Waals surface area contributed by atoms with Crippen LogP contribution < -0.4 is 10.6 Å². The SMILES string of the molecule is O=C1CCC(N2Cc3cc(C(=O)Nc4cnc5c(ccn5C5CCC5)c4)c(F)cc3C2=O)C(=O)N1. The first kappa shape index (κ1) is 21.5. The fourth-order valence-electron chi connectivity index (χ4n) is 5.03. The minimum atomic E-state index is -0.829. The van der Waals surface area contributed by atoms with Gasteiger partial charge in [-0.25, -0.2) is 9.37 Å². The van der Waals surface area contributed by atoms with E-state index in [-0.39, 0.29) is 36.4 Å². The van der Waals surface area contributed by atoms with Crippen molar-refractivity contribution >= 4 is 40.3 Å². The standard InChI is InChI=1S/C25H22FN5O4/c26-19-10-17-14(12-31(25(17)35)20-4-5-21(32)29-24(20)34)9-18(19)23(33)28-15-8-13-6-7-30(16-2-1-3-16)22(13)27-11-15/h6-11,16,20H,1-5,12H2,(H,28,33)(H,29,32,34). The van der Waals surface area contributed by atoms with E-state index in [9.17, 15) is 23.6 Å². The lowest BCUT2D eigenvalue weighted by molar-refractivity contribution is -0.136. The topological polar surface area (TPSA) is 113 Å². The van der Waals surface area contributed by atoms with Crippen molar-refractivity contribution in [2.24, 2.45) is 0 Å². The van der Waals surface area contributed by atoms with Crippen molar-refractivity contribution in [3.8, 4) is 0 Å². The van der Waals surface area contributed by atoms with Gasteiger partial charge < -0.3 is 14.8 Å². The predicted octanol–water partition coefficient (Wildman–Crippen LogP) is 2.91. The van der Waals surface area contributed by atoms with Gasteiger partial charge in [0.05, 0.1) is 17.4 Å². The lowest BCUT2D eigenvalue weighted by Crippen LogP contribution is -2.52. The molecule has 0 radical (unpaired) electrons. The van der Waals surface area contributed by atoms with Gasteiger partial charge in [-0.2, -0.15) is 0 Å². The number of hydrogen-bond donors (Lipinski definition) is 2. The Morgan fingerprint density at radius 1 is 1.14 bits per heavy atom. The Balaban J connectivity index is 1.22. The van der Waals surface area contributed by atoms with E-state index in [1.54, 1.807) is 12.3 Å². The smallest absolute Gasteiger partial charge is 0.258 e. The lowest BCUT2D eigenvalue weighted by atomic mass is 9.93. The molecular formula is C25H22FN5O4. The van der Waals surface area contributed by atoms with Gasteiger partial charge in [0.15, 0.2) is 0 Å². The minimum Gasteiger partial charge on any atom is -0.329 e. The zero-order valence-electron chi connectivity index (χ0n) is 18.7. The Morgan fingerprint density at radius 3 is 2.71 bits per heavy atom. The van der Waals surface area contributed by atoms with Crippen LogP contribution in [-0.2, 0) is 16.1 Å². The Hall–Kier alpha value is -4.08. The normalized spacial score (nSPS) is 20.1. The van der Waals surface area contributed by atoms with Gasteiger partial charge in [0.2, 0.25) is 11.8 Å². The van der Waals surface area contributed by atoms with E-state index in [1.807, 2.05) is 12.3 Å². The molecule has 3 aliphatic rings. The largest absolute Gasteiger partial charge is 0.329 e. The van der Waals surface area contributed by atoms with Gasteiger partial charge >= 0.3 is 0 Å². The first-order chi connectivity index (χ1) is 16.9. The van der Waals surface area contributed by atoms with E-state index in [0.717, 1.165) is 29.9 Å². The van der Waals surface area contributed by atoms with Crippen LogP contribution >= 0.6 is 0 Å². The molecule has 2 N–H and O–H groups in total. The minimum absolute atomic E-state index is 0.0587. The summed E-state index contributed by atoms with van der Waals surface area (Å²) >= 11 is 0. The van der Waals surface area contributed by atoms with E-state index in [0.29, 0.717) is 17.3 Å². The van der Waals surface area contributed by atoms with Crippen LogP contribution in [0.3, 0.4) is 0 Å². The van der Waals surface area contributed by atoms with Gasteiger partial charge in [-0.05, 0) is 55.5 Å². The van der Waals surface area contributed by atoms with Gasteiger partial charge in [0, 0.05) is 36.2 Å². The molecule has 0 bridgehead atoms. The van der Waals surface area contributed by atoms with Gasteiger partial charge in [-0.15, -0.1) is 0 Å². The molecule has 9 nitrogen and oxygen atoms in total. The third-order valence-corrected chi connectivity index (χ3v) is 7.14. The summed E-state index contributed by atoms with van der Waals surface area (Å²) in [4.78, 5) is 55.2. The van der Waals surface area contributed by atoms with E-state index < -0.39 is 29.6 Å². The average molecular weight is 475 g/mol. The number of aromatic nitrogens is 2. The van der Waals surface area contributed by atoms with Gasteiger partial charge in [0.1, 0.15) is 17.5 Å². The van der Waals surface area contributed by atoms with E-state index in [4.69, 9.17) is 0 Å². The van der Waals surface area contributed by atoms with Crippen LogP contribution in [0, 0.1) is 5.82 Å². The van der Waals surface area contributed by atoms with E-state index in [2.05, 4.69) is 20.2 Å². The third-order valence-electron chi connectivity index (χ3n) is 7.14. The van der Waals surface area contributed by atoms with Crippen molar-refractivity contribution in [3.05, 3.63) is 59.2 Å². The highest BCUT2D eigenvalue weighted by Gasteiger charge is 2.39. The summed E-state index contributed by atoms with van der Waals surface area (Å²) in [5, 5.41) is 5.81. The maximum atomic E-state index is 14.9. The number of piperidine rings is 1. The van der Waals surface area contributed by atoms with Crippen molar-refractivity contribution in [1.29, 1.82) is 0 Å². The van der Waals surface area contributed by atoms with Crippen molar-refractivity contribution in [1.82, 2.24) is 19.8 Å². The van der Waals surface area contributed by atoms with Crippen LogP contribution in [0.4, 0.5) is 10.1 Å². The molecular weight excluding hydrogens is 453 g/mol. The number of halogens is 1. The highest BCUT2D eigenvalue weighted by molar-refractivity contribution is 6.08. The molecule has 6 rings (SSSR count). The van der Waals surface area contributed by atoms with E-state index >= 15 is 0 Å². The summed E-state index contributed by atoms with van der Waals surface area (Å²) in [5.74, 6) is -2.91. The van der Waals surface area contributed by atoms with Gasteiger partial charge in [-0.3, -0.25) is 24.5 Å². The van der Waals surface area contributed by atoms with Crippen LogP contribution in [-0.4, -0.2) is 44.1 Å². The number of fused-ring (bicyclic) bond motifs is 2. The number of hydrogen-bond acceptors (Lipinski definition) is 5. The average Bonchev–Trinajstić information content (AvgIpc) is 3.33. The van der Waals surface area contributed by atoms with Crippen molar-refractivity contribution in [3.63, 3.8) is 0 Å². The Morgan fingerprint density at radius 2 is 1.97 bits per heavy atom. The fraction of sp³-hybridized carbons (Fsp3) is 0.320. The van der Waals surface area contributed by atoms with Crippen LogP contribution in [0.5, 0.6) is 0 Å². The molecule has 2 aliphatic heterocycles. The Labute approximate surface area is 199 Å². The van der Waals surface area contributed by atoms with Crippen molar-refractivity contribution < 1.29 is 23.6 Å². The van der Waals surface area contributed by atoms with Crippen LogP contribution in [0.1, 0.15) is 64.4 Å². The molecule has 178 valence electrons. The quantitative estimate of drug-likeness (QED) is 0.564. The van der Waals surface area contributed by atoms with Crippen LogP contribution in [0.2, 0.25) is 0 Å². The van der Waals surface area contributed by atoms with Crippen LogP contribution in [0.25, 0.3) is 11.0 Å². The second kappa shape index (κ2) is 8.00. The summed E-state index contributed by atoms with van der Waals surface area (Å²) in [7, 11) is 0.